The second-order valence-corrected chi connectivity index (χ2v) is 9.26. The molecule has 0 heterocycles. The lowest BCUT2D eigenvalue weighted by atomic mass is 10.1. The van der Waals surface area contributed by atoms with E-state index in [0.29, 0.717) is 11.3 Å². The molecular weight excluding hydrogens is 430 g/mol. The summed E-state index contributed by atoms with van der Waals surface area (Å²) >= 11 is 0. The van der Waals surface area contributed by atoms with Crippen molar-refractivity contribution in [3.8, 4) is 0 Å². The predicted octanol–water partition coefficient (Wildman–Crippen LogP) is 4.35. The van der Waals surface area contributed by atoms with Gasteiger partial charge in [0.15, 0.2) is 0 Å². The van der Waals surface area contributed by atoms with Gasteiger partial charge in [0.2, 0.25) is 5.91 Å². The van der Waals surface area contributed by atoms with Crippen molar-refractivity contribution in [1.29, 1.82) is 0 Å². The first-order valence-electron chi connectivity index (χ1n) is 9.79. The van der Waals surface area contributed by atoms with Crippen LogP contribution in [0, 0.1) is 30.9 Å². The van der Waals surface area contributed by atoms with Gasteiger partial charge in [-0.15, -0.1) is 0 Å². The van der Waals surface area contributed by atoms with Gasteiger partial charge < -0.3 is 5.32 Å². The van der Waals surface area contributed by atoms with Crippen LogP contribution < -0.4 is 9.62 Å². The van der Waals surface area contributed by atoms with Gasteiger partial charge in [-0.3, -0.25) is 19.2 Å². The maximum Gasteiger partial charge on any atom is 0.271 e. The second kappa shape index (κ2) is 9.19. The van der Waals surface area contributed by atoms with Crippen molar-refractivity contribution in [3.05, 3.63) is 93.5 Å². The van der Waals surface area contributed by atoms with Crippen LogP contribution in [0.5, 0.6) is 0 Å². The van der Waals surface area contributed by atoms with Crippen LogP contribution in [0.3, 0.4) is 0 Å². The van der Waals surface area contributed by atoms with E-state index in [4.69, 9.17) is 0 Å². The molecule has 1 amide bonds. The highest BCUT2D eigenvalue weighted by Gasteiger charge is 2.27. The molecule has 0 fully saturated rings. The smallest absolute Gasteiger partial charge is 0.271 e. The van der Waals surface area contributed by atoms with Crippen molar-refractivity contribution < 1.29 is 18.1 Å². The average Bonchev–Trinajstić information content (AvgIpc) is 2.76. The summed E-state index contributed by atoms with van der Waals surface area (Å²) in [7, 11) is -4.04. The number of aryl methyl sites for hydroxylation is 3. The molecule has 3 aromatic carbocycles. The Balaban J connectivity index is 1.98. The number of sulfonamides is 1. The second-order valence-electron chi connectivity index (χ2n) is 7.40. The maximum atomic E-state index is 13.4. The number of hydrogen-bond donors (Lipinski definition) is 1. The maximum absolute atomic E-state index is 13.4. The molecule has 0 unspecified atom stereocenters. The molecule has 0 aliphatic rings. The largest absolute Gasteiger partial charge is 0.324 e. The summed E-state index contributed by atoms with van der Waals surface area (Å²) in [5.41, 5.74) is 2.92. The zero-order valence-corrected chi connectivity index (χ0v) is 18.7. The molecule has 3 rings (SSSR count). The Hall–Kier alpha value is -3.72. The van der Waals surface area contributed by atoms with Gasteiger partial charge in [0.25, 0.3) is 15.7 Å². The standard InChI is InChI=1S/C23H23N3O5S/c1-16-9-11-19(13-18(16)3)25(32(30,31)21-7-5-4-6-8-21)15-23(27)24-22-14-20(26(28)29)12-10-17(22)2/h4-14H,15H2,1-3H3,(H,24,27). The van der Waals surface area contributed by atoms with E-state index >= 15 is 0 Å². The molecule has 1 N–H and O–H groups in total. The number of hydrogen-bond acceptors (Lipinski definition) is 5. The van der Waals surface area contributed by atoms with Crippen molar-refractivity contribution in [2.24, 2.45) is 0 Å². The number of nitro benzene ring substituents is 1. The summed E-state index contributed by atoms with van der Waals surface area (Å²) in [5, 5.41) is 13.7. The zero-order chi connectivity index (χ0) is 23.5. The van der Waals surface area contributed by atoms with E-state index in [1.165, 1.54) is 30.3 Å². The molecule has 0 radical (unpaired) electrons. The first-order chi connectivity index (χ1) is 15.1. The van der Waals surface area contributed by atoms with Crippen LogP contribution in [0.1, 0.15) is 16.7 Å². The quantitative estimate of drug-likeness (QED) is 0.422. The normalized spacial score (nSPS) is 11.1. The molecule has 0 saturated heterocycles. The van der Waals surface area contributed by atoms with E-state index in [1.807, 2.05) is 13.8 Å². The fourth-order valence-corrected chi connectivity index (χ4v) is 4.53. The number of anilines is 2. The van der Waals surface area contributed by atoms with Crippen molar-refractivity contribution in [1.82, 2.24) is 0 Å². The topological polar surface area (TPSA) is 110 Å². The summed E-state index contributed by atoms with van der Waals surface area (Å²) in [6.07, 6.45) is 0. The molecule has 166 valence electrons. The van der Waals surface area contributed by atoms with Crippen LogP contribution in [0.15, 0.2) is 71.6 Å². The third-order valence-corrected chi connectivity index (χ3v) is 6.89. The first-order valence-corrected chi connectivity index (χ1v) is 11.2. The highest BCUT2D eigenvalue weighted by Crippen LogP contribution is 2.27. The van der Waals surface area contributed by atoms with Crippen LogP contribution in [-0.2, 0) is 14.8 Å². The number of amides is 1. The van der Waals surface area contributed by atoms with E-state index < -0.39 is 27.4 Å². The summed E-state index contributed by atoms with van der Waals surface area (Å²) in [5.74, 6) is -0.619. The lowest BCUT2D eigenvalue weighted by Crippen LogP contribution is -2.38. The van der Waals surface area contributed by atoms with Gasteiger partial charge in [0, 0.05) is 12.1 Å². The molecule has 0 aliphatic heterocycles. The van der Waals surface area contributed by atoms with Crippen molar-refractivity contribution >= 4 is 33.0 Å². The molecular formula is C23H23N3O5S. The molecule has 0 saturated carbocycles. The predicted molar refractivity (Wildman–Crippen MR) is 123 cm³/mol. The lowest BCUT2D eigenvalue weighted by Gasteiger charge is -2.25. The highest BCUT2D eigenvalue weighted by atomic mass is 32.2. The molecule has 0 aromatic heterocycles. The number of carbonyl (C=O) groups is 1. The molecule has 0 spiro atoms. The van der Waals surface area contributed by atoms with Crippen LogP contribution in [0.4, 0.5) is 17.1 Å². The Bertz CT molecular complexity index is 1270. The number of rotatable bonds is 7. The van der Waals surface area contributed by atoms with E-state index in [0.717, 1.165) is 15.4 Å². The zero-order valence-electron chi connectivity index (χ0n) is 17.9. The summed E-state index contributed by atoms with van der Waals surface area (Å²) in [4.78, 5) is 23.4. The van der Waals surface area contributed by atoms with E-state index in [-0.39, 0.29) is 16.3 Å². The Labute approximate surface area is 186 Å². The van der Waals surface area contributed by atoms with Crippen molar-refractivity contribution in [2.45, 2.75) is 25.7 Å². The van der Waals surface area contributed by atoms with Gasteiger partial charge >= 0.3 is 0 Å². The Morgan fingerprint density at radius 2 is 1.59 bits per heavy atom. The molecule has 8 nitrogen and oxygen atoms in total. The fourth-order valence-electron chi connectivity index (χ4n) is 3.09. The average molecular weight is 454 g/mol. The summed E-state index contributed by atoms with van der Waals surface area (Å²) in [6.45, 7) is 4.97. The Morgan fingerprint density at radius 3 is 2.22 bits per heavy atom. The Morgan fingerprint density at radius 1 is 0.938 bits per heavy atom. The van der Waals surface area contributed by atoms with Gasteiger partial charge in [0.05, 0.1) is 21.2 Å². The number of nitrogens with one attached hydrogen (secondary N) is 1. The first kappa shape index (κ1) is 23.0. The highest BCUT2D eigenvalue weighted by molar-refractivity contribution is 7.92. The Kier molecular flexibility index (Phi) is 6.59. The van der Waals surface area contributed by atoms with E-state index in [1.54, 1.807) is 43.3 Å². The van der Waals surface area contributed by atoms with Gasteiger partial charge in [-0.05, 0) is 61.7 Å². The number of nitro groups is 1. The molecule has 0 atom stereocenters. The third kappa shape index (κ3) is 4.94. The lowest BCUT2D eigenvalue weighted by molar-refractivity contribution is -0.384. The number of carbonyl (C=O) groups excluding carboxylic acids is 1. The van der Waals surface area contributed by atoms with Crippen LogP contribution in [0.25, 0.3) is 0 Å². The minimum atomic E-state index is -4.04. The number of nitrogens with zero attached hydrogens (tertiary/aromatic N) is 2. The minimum Gasteiger partial charge on any atom is -0.324 e. The fraction of sp³-hybridized carbons (Fsp3) is 0.174. The third-order valence-electron chi connectivity index (χ3n) is 5.10. The molecule has 32 heavy (non-hydrogen) atoms. The van der Waals surface area contributed by atoms with E-state index in [2.05, 4.69) is 5.32 Å². The minimum absolute atomic E-state index is 0.0533. The van der Waals surface area contributed by atoms with E-state index in [9.17, 15) is 23.3 Å². The molecule has 3 aromatic rings. The van der Waals surface area contributed by atoms with Gasteiger partial charge in [-0.25, -0.2) is 8.42 Å². The van der Waals surface area contributed by atoms with Gasteiger partial charge in [0.1, 0.15) is 6.54 Å². The van der Waals surface area contributed by atoms with Crippen LogP contribution >= 0.6 is 0 Å². The van der Waals surface area contributed by atoms with Crippen LogP contribution in [-0.4, -0.2) is 25.8 Å². The monoisotopic (exact) mass is 453 g/mol. The summed E-state index contributed by atoms with van der Waals surface area (Å²) < 4.78 is 27.8. The van der Waals surface area contributed by atoms with Gasteiger partial charge in [-0.1, -0.05) is 30.3 Å². The molecule has 0 aliphatic carbocycles. The van der Waals surface area contributed by atoms with Crippen molar-refractivity contribution in [3.63, 3.8) is 0 Å². The summed E-state index contributed by atoms with van der Waals surface area (Å²) in [6, 6.07) is 17.1. The molecule has 0 bridgehead atoms. The SMILES string of the molecule is Cc1ccc(N(CC(=O)Nc2cc([N+](=O)[O-])ccc2C)S(=O)(=O)c2ccccc2)cc1C. The molecule has 9 heteroatoms. The number of benzene rings is 3. The van der Waals surface area contributed by atoms with Crippen molar-refractivity contribution in [2.75, 3.05) is 16.2 Å². The number of non-ortho nitro benzene ring substituents is 1. The van der Waals surface area contributed by atoms with Crippen LogP contribution in [0.2, 0.25) is 0 Å². The van der Waals surface area contributed by atoms with Gasteiger partial charge in [-0.2, -0.15) is 0 Å².